The molecule has 14 heteroatoms. The number of carbonyl (C=O) groups is 1. The Morgan fingerprint density at radius 2 is 1.95 bits per heavy atom. The van der Waals surface area contributed by atoms with Gasteiger partial charge in [0.15, 0.2) is 0 Å². The fourth-order valence-electron chi connectivity index (χ4n) is 4.35. The molecule has 1 N–H and O–H groups in total. The molecule has 0 unspecified atom stereocenters. The zero-order valence-electron chi connectivity index (χ0n) is 24.2. The molecule has 2 aliphatic heterocycles. The lowest BCUT2D eigenvalue weighted by Gasteiger charge is -2.12. The van der Waals surface area contributed by atoms with Crippen LogP contribution in [0.4, 0.5) is 26.3 Å². The maximum atomic E-state index is 14.2. The molecule has 0 saturated heterocycles. The van der Waals surface area contributed by atoms with E-state index in [1.165, 1.54) is 0 Å². The van der Waals surface area contributed by atoms with E-state index in [9.17, 15) is 41.5 Å². The van der Waals surface area contributed by atoms with Crippen LogP contribution in [0.2, 0.25) is 5.02 Å². The molecule has 2 aromatic rings. The number of imidazole rings is 1. The summed E-state index contributed by atoms with van der Waals surface area (Å²) in [5, 5.41) is 20.1. The molecular formula is C27H16ClF6N5O2. The van der Waals surface area contributed by atoms with Crippen LogP contribution in [-0.4, -0.2) is 33.3 Å². The van der Waals surface area contributed by atoms with Gasteiger partial charge in [-0.3, -0.25) is 9.79 Å². The van der Waals surface area contributed by atoms with Crippen molar-refractivity contribution in [3.05, 3.63) is 97.6 Å². The number of nitrogens with zero attached hydrogens (tertiary/aromatic N) is 5. The number of aliphatic hydroxyl groups excluding tert-OH is 1. The monoisotopic (exact) mass is 595 g/mol. The van der Waals surface area contributed by atoms with Crippen LogP contribution in [0, 0.1) is 23.0 Å². The summed E-state index contributed by atoms with van der Waals surface area (Å²) < 4.78 is 117. The first-order chi connectivity index (χ1) is 20.9. The summed E-state index contributed by atoms with van der Waals surface area (Å²) in [4.78, 5) is 20.7. The molecule has 0 atom stereocenters. The van der Waals surface area contributed by atoms with Gasteiger partial charge in [-0.25, -0.2) is 18.2 Å². The van der Waals surface area contributed by atoms with Crippen LogP contribution in [0.3, 0.4) is 0 Å². The number of carbonyl (C=O) groups excluding carboxylic acids is 1. The van der Waals surface area contributed by atoms with Crippen LogP contribution >= 0.6 is 11.6 Å². The summed E-state index contributed by atoms with van der Waals surface area (Å²) in [6.07, 6.45) is -5.05. The minimum atomic E-state index is -5.05. The normalized spacial score (nSPS) is 18.0. The molecule has 41 heavy (non-hydrogen) atoms. The van der Waals surface area contributed by atoms with Crippen molar-refractivity contribution in [3.8, 4) is 17.5 Å². The molecule has 3 aliphatic rings. The van der Waals surface area contributed by atoms with Crippen LogP contribution in [0.25, 0.3) is 17.1 Å². The van der Waals surface area contributed by atoms with Gasteiger partial charge in [0.25, 0.3) is 5.91 Å². The average Bonchev–Trinajstić information content (AvgIpc) is 3.34. The highest BCUT2D eigenvalue weighted by Crippen LogP contribution is 2.31. The lowest BCUT2D eigenvalue weighted by Crippen LogP contribution is -2.34. The predicted molar refractivity (Wildman–Crippen MR) is 133 cm³/mol. The number of amides is 1. The summed E-state index contributed by atoms with van der Waals surface area (Å²) in [7, 11) is 0. The summed E-state index contributed by atoms with van der Waals surface area (Å²) >= 11 is 6.16. The maximum absolute atomic E-state index is 14.2. The fourth-order valence-corrected chi connectivity index (χ4v) is 4.56. The van der Waals surface area contributed by atoms with E-state index in [1.54, 1.807) is 6.07 Å². The summed E-state index contributed by atoms with van der Waals surface area (Å²) in [5.74, 6) is -4.82. The van der Waals surface area contributed by atoms with Crippen molar-refractivity contribution < 1.29 is 41.7 Å². The number of hydrogen-bond donors (Lipinski definition) is 1. The Bertz CT molecular complexity index is 2120. The minimum absolute atomic E-state index is 0.145. The number of hydrogen-bond acceptors (Lipinski definition) is 4. The van der Waals surface area contributed by atoms with Crippen LogP contribution in [0.1, 0.15) is 32.5 Å². The Balaban J connectivity index is 2.00. The van der Waals surface area contributed by atoms with E-state index >= 15 is 0 Å². The molecule has 2 heterocycles. The van der Waals surface area contributed by atoms with Gasteiger partial charge >= 0.3 is 6.18 Å². The van der Waals surface area contributed by atoms with Crippen LogP contribution in [-0.2, 0) is 19.2 Å². The largest absolute Gasteiger partial charge is 0.507 e. The third-order valence-electron chi connectivity index (χ3n) is 6.07. The molecule has 0 radical (unpaired) electrons. The molecule has 1 amide bonds. The minimum Gasteiger partial charge on any atom is -0.507 e. The van der Waals surface area contributed by atoms with Crippen molar-refractivity contribution >= 4 is 23.3 Å². The number of alkyl halides is 4. The Morgan fingerprint density at radius 1 is 1.20 bits per heavy atom. The Hall–Kier alpha value is -4.57. The van der Waals surface area contributed by atoms with Crippen LogP contribution < -0.4 is 16.2 Å². The molecule has 7 nitrogen and oxygen atoms in total. The molecule has 2 aromatic carbocycles. The number of fused-ring (bicyclic) bond motifs is 3. The highest BCUT2D eigenvalue weighted by molar-refractivity contribution is 6.32. The molecule has 0 spiro atoms. The third-order valence-corrected chi connectivity index (χ3v) is 6.40. The van der Waals surface area contributed by atoms with Crippen molar-refractivity contribution in [2.45, 2.75) is 19.2 Å². The number of halogens is 7. The average molecular weight is 596 g/mol. The predicted octanol–water partition coefficient (Wildman–Crippen LogP) is 4.27. The quantitative estimate of drug-likeness (QED) is 0.357. The van der Waals surface area contributed by atoms with Gasteiger partial charge in [0.2, 0.25) is 5.62 Å². The van der Waals surface area contributed by atoms with Crippen molar-refractivity contribution in [1.82, 2.24) is 9.13 Å². The van der Waals surface area contributed by atoms with E-state index in [-0.39, 0.29) is 16.8 Å². The zero-order chi connectivity index (χ0) is 33.2. The number of aliphatic hydroxyl groups is 1. The van der Waals surface area contributed by atoms with E-state index in [1.807, 2.05) is 0 Å². The summed E-state index contributed by atoms with van der Waals surface area (Å²) in [6.45, 7) is -7.60. The first-order valence-corrected chi connectivity index (χ1v) is 11.8. The van der Waals surface area contributed by atoms with Crippen LogP contribution in [0.15, 0.2) is 52.4 Å². The Kier molecular flexibility index (Phi) is 5.90. The van der Waals surface area contributed by atoms with Gasteiger partial charge in [0.1, 0.15) is 30.1 Å². The molecule has 1 aliphatic carbocycles. The molecule has 0 saturated carbocycles. The van der Waals surface area contributed by atoms with Gasteiger partial charge in [-0.15, -0.1) is 0 Å². The molecular weight excluding hydrogens is 576 g/mol. The van der Waals surface area contributed by atoms with Crippen molar-refractivity contribution in [1.29, 1.82) is 5.26 Å². The third kappa shape index (κ3) is 4.95. The number of benzene rings is 3. The van der Waals surface area contributed by atoms with Crippen molar-refractivity contribution in [2.24, 2.45) is 9.98 Å². The van der Waals surface area contributed by atoms with Gasteiger partial charge in [-0.2, -0.15) is 18.4 Å². The molecule has 210 valence electrons. The van der Waals surface area contributed by atoms with Gasteiger partial charge in [0, 0.05) is 17.6 Å². The SMILES string of the molecule is [2H]C1([2H])N=c2n(CCF)c3cc(=NC(=O)c4cc(F)cc(C(F)(F)F)c4)/c(=C(/O)c4cc(F)ccc4Cl)c(C#N)c-3n2C1([2H])[2H]. The van der Waals surface area contributed by atoms with E-state index in [4.69, 9.17) is 17.1 Å². The van der Waals surface area contributed by atoms with Crippen molar-refractivity contribution in [2.75, 3.05) is 13.2 Å². The lowest BCUT2D eigenvalue weighted by atomic mass is 10.0. The summed E-state index contributed by atoms with van der Waals surface area (Å²) in [6, 6.07) is 6.29. The zero-order valence-corrected chi connectivity index (χ0v) is 20.9. The number of aromatic nitrogens is 2. The van der Waals surface area contributed by atoms with Gasteiger partial charge in [0.05, 0.1) is 56.6 Å². The second kappa shape index (κ2) is 10.4. The highest BCUT2D eigenvalue weighted by Gasteiger charge is 2.32. The topological polar surface area (TPSA) is 95.7 Å². The fraction of sp³-hybridized carbons (Fsp3) is 0.185. The maximum Gasteiger partial charge on any atom is 0.416 e. The summed E-state index contributed by atoms with van der Waals surface area (Å²) in [5.41, 5.74) is -4.71. The standard InChI is InChI=1S/C27H16ClF6N5O2/c28-19-2-1-15(30)10-17(19)24(40)22-18(12-35)23-21(38(5-3-29)26-36-4-6-39(23)26)11-20(22)37-25(41)13-7-14(27(32,33)34)9-16(31)8-13/h1-2,7-11,40H,3-6H2/b24-22+,37-20?/i4D2,6D2. The molecule has 0 aromatic heterocycles. The molecule has 0 fully saturated rings. The van der Waals surface area contributed by atoms with E-state index in [0.717, 1.165) is 28.8 Å². The first-order valence-electron chi connectivity index (χ1n) is 13.4. The second-order valence-electron chi connectivity index (χ2n) is 8.55. The van der Waals surface area contributed by atoms with E-state index in [0.29, 0.717) is 16.7 Å². The Labute approximate surface area is 237 Å². The van der Waals surface area contributed by atoms with E-state index < -0.39 is 99.8 Å². The molecule has 0 bridgehead atoms. The highest BCUT2D eigenvalue weighted by atomic mass is 35.5. The lowest BCUT2D eigenvalue weighted by molar-refractivity contribution is -0.137. The second-order valence-corrected chi connectivity index (χ2v) is 8.96. The Morgan fingerprint density at radius 3 is 2.63 bits per heavy atom. The van der Waals surface area contributed by atoms with Gasteiger partial charge in [-0.05, 0) is 42.5 Å². The van der Waals surface area contributed by atoms with Gasteiger partial charge < -0.3 is 14.2 Å². The first kappa shape index (κ1) is 23.2. The van der Waals surface area contributed by atoms with Gasteiger partial charge in [-0.1, -0.05) is 11.6 Å². The smallest absolute Gasteiger partial charge is 0.416 e. The number of nitriles is 1. The van der Waals surface area contributed by atoms with E-state index in [2.05, 4.69) is 9.98 Å². The van der Waals surface area contributed by atoms with Crippen molar-refractivity contribution in [3.63, 3.8) is 0 Å². The number of rotatable bonds is 4. The van der Waals surface area contributed by atoms with Crippen LogP contribution in [0.5, 0.6) is 0 Å². The molecule has 5 rings (SSSR count).